The van der Waals surface area contributed by atoms with E-state index in [2.05, 4.69) is 0 Å². The Balaban J connectivity index is 2.19. The third-order valence-corrected chi connectivity index (χ3v) is 2.73. The SMILES string of the molecule is COC(C)CC(O)c1cc2ccccc2o1. The third-order valence-electron chi connectivity index (χ3n) is 2.73. The highest BCUT2D eigenvalue weighted by Gasteiger charge is 2.16. The van der Waals surface area contributed by atoms with Crippen LogP contribution in [0.5, 0.6) is 0 Å². The van der Waals surface area contributed by atoms with Crippen LogP contribution in [0.2, 0.25) is 0 Å². The topological polar surface area (TPSA) is 42.6 Å². The van der Waals surface area contributed by atoms with Crippen molar-refractivity contribution in [3.63, 3.8) is 0 Å². The van der Waals surface area contributed by atoms with Crippen molar-refractivity contribution in [3.05, 3.63) is 36.1 Å². The lowest BCUT2D eigenvalue weighted by molar-refractivity contribution is 0.0475. The molecule has 0 aliphatic carbocycles. The molecule has 1 aromatic carbocycles. The minimum Gasteiger partial charge on any atom is -0.458 e. The predicted molar refractivity (Wildman–Crippen MR) is 62.3 cm³/mol. The van der Waals surface area contributed by atoms with E-state index in [-0.39, 0.29) is 6.10 Å². The Morgan fingerprint density at radius 2 is 2.12 bits per heavy atom. The van der Waals surface area contributed by atoms with Crippen molar-refractivity contribution in [2.24, 2.45) is 0 Å². The highest BCUT2D eigenvalue weighted by molar-refractivity contribution is 5.77. The molecule has 3 heteroatoms. The summed E-state index contributed by atoms with van der Waals surface area (Å²) in [6.45, 7) is 1.92. The van der Waals surface area contributed by atoms with Gasteiger partial charge in [0.25, 0.3) is 0 Å². The molecule has 0 spiro atoms. The first-order valence-electron chi connectivity index (χ1n) is 5.40. The van der Waals surface area contributed by atoms with Crippen molar-refractivity contribution < 1.29 is 14.3 Å². The first-order valence-corrected chi connectivity index (χ1v) is 5.40. The zero-order chi connectivity index (χ0) is 11.5. The number of hydrogen-bond donors (Lipinski definition) is 1. The van der Waals surface area contributed by atoms with Gasteiger partial charge in [0.05, 0.1) is 6.10 Å². The minimum atomic E-state index is -0.609. The summed E-state index contributed by atoms with van der Waals surface area (Å²) in [6.07, 6.45) is -0.0541. The van der Waals surface area contributed by atoms with E-state index in [0.29, 0.717) is 12.2 Å². The van der Waals surface area contributed by atoms with Crippen molar-refractivity contribution in [3.8, 4) is 0 Å². The number of ether oxygens (including phenoxy) is 1. The fourth-order valence-electron chi connectivity index (χ4n) is 1.69. The highest BCUT2D eigenvalue weighted by atomic mass is 16.5. The molecule has 2 aromatic rings. The second-order valence-electron chi connectivity index (χ2n) is 3.98. The third kappa shape index (κ3) is 2.26. The first kappa shape index (κ1) is 11.2. The standard InChI is InChI=1S/C13H16O3/c1-9(15-2)7-11(14)13-8-10-5-3-4-6-12(10)16-13/h3-6,8-9,11,14H,7H2,1-2H3. The van der Waals surface area contributed by atoms with Crippen LogP contribution < -0.4 is 0 Å². The summed E-state index contributed by atoms with van der Waals surface area (Å²) in [5.41, 5.74) is 0.807. The molecule has 1 aromatic heterocycles. The lowest BCUT2D eigenvalue weighted by Crippen LogP contribution is -2.10. The van der Waals surface area contributed by atoms with E-state index in [1.54, 1.807) is 7.11 Å². The Kier molecular flexibility index (Phi) is 3.27. The van der Waals surface area contributed by atoms with E-state index in [1.807, 2.05) is 37.3 Å². The van der Waals surface area contributed by atoms with Gasteiger partial charge in [-0.15, -0.1) is 0 Å². The average Bonchev–Trinajstić information content (AvgIpc) is 2.72. The molecule has 86 valence electrons. The normalized spacial score (nSPS) is 15.2. The van der Waals surface area contributed by atoms with E-state index in [9.17, 15) is 5.11 Å². The lowest BCUT2D eigenvalue weighted by Gasteiger charge is -2.12. The fraction of sp³-hybridized carbons (Fsp3) is 0.385. The van der Waals surface area contributed by atoms with Crippen molar-refractivity contribution in [2.45, 2.75) is 25.6 Å². The van der Waals surface area contributed by atoms with Gasteiger partial charge in [-0.05, 0) is 19.1 Å². The highest BCUT2D eigenvalue weighted by Crippen LogP contribution is 2.26. The molecule has 0 saturated heterocycles. The summed E-state index contributed by atoms with van der Waals surface area (Å²) in [4.78, 5) is 0. The van der Waals surface area contributed by atoms with Gasteiger partial charge in [-0.2, -0.15) is 0 Å². The molecule has 1 N–H and O–H groups in total. The van der Waals surface area contributed by atoms with Crippen LogP contribution in [0.3, 0.4) is 0 Å². The molecule has 0 amide bonds. The van der Waals surface area contributed by atoms with Crippen LogP contribution >= 0.6 is 0 Å². The minimum absolute atomic E-state index is 0.0169. The molecule has 0 aliphatic heterocycles. The maximum absolute atomic E-state index is 9.95. The molecule has 1 heterocycles. The molecular weight excluding hydrogens is 204 g/mol. The van der Waals surface area contributed by atoms with E-state index >= 15 is 0 Å². The van der Waals surface area contributed by atoms with Gasteiger partial charge < -0.3 is 14.3 Å². The van der Waals surface area contributed by atoms with Crippen LogP contribution in [0.25, 0.3) is 11.0 Å². The summed E-state index contributed by atoms with van der Waals surface area (Å²) in [7, 11) is 1.63. The number of fused-ring (bicyclic) bond motifs is 1. The molecule has 0 bridgehead atoms. The monoisotopic (exact) mass is 220 g/mol. The Morgan fingerprint density at radius 3 is 2.81 bits per heavy atom. The van der Waals surface area contributed by atoms with Gasteiger partial charge in [0.2, 0.25) is 0 Å². The molecule has 0 aliphatic rings. The first-order chi connectivity index (χ1) is 7.70. The van der Waals surface area contributed by atoms with Crippen molar-refractivity contribution >= 4 is 11.0 Å². The molecule has 0 saturated carbocycles. The fourth-order valence-corrected chi connectivity index (χ4v) is 1.69. The van der Waals surface area contributed by atoms with E-state index < -0.39 is 6.10 Å². The average molecular weight is 220 g/mol. The number of para-hydroxylation sites is 1. The largest absolute Gasteiger partial charge is 0.458 e. The number of aliphatic hydroxyl groups is 1. The van der Waals surface area contributed by atoms with E-state index in [0.717, 1.165) is 11.0 Å². The van der Waals surface area contributed by atoms with Crippen molar-refractivity contribution in [2.75, 3.05) is 7.11 Å². The Hall–Kier alpha value is -1.32. The van der Waals surface area contributed by atoms with Crippen LogP contribution in [0, 0.1) is 0 Å². The number of aliphatic hydroxyl groups excluding tert-OH is 1. The summed E-state index contributed by atoms with van der Waals surface area (Å²) in [5.74, 6) is 0.602. The molecule has 0 radical (unpaired) electrons. The van der Waals surface area contributed by atoms with Gasteiger partial charge in [-0.1, -0.05) is 18.2 Å². The van der Waals surface area contributed by atoms with Crippen molar-refractivity contribution in [1.29, 1.82) is 0 Å². The van der Waals surface area contributed by atoms with Gasteiger partial charge >= 0.3 is 0 Å². The van der Waals surface area contributed by atoms with Gasteiger partial charge in [0, 0.05) is 18.9 Å². The smallest absolute Gasteiger partial charge is 0.134 e. The second kappa shape index (κ2) is 4.68. The van der Waals surface area contributed by atoms with Crippen LogP contribution in [0.1, 0.15) is 25.2 Å². The van der Waals surface area contributed by atoms with Gasteiger partial charge in [-0.25, -0.2) is 0 Å². The molecular formula is C13H16O3. The van der Waals surface area contributed by atoms with Gasteiger partial charge in [-0.3, -0.25) is 0 Å². The lowest BCUT2D eigenvalue weighted by atomic mass is 10.1. The van der Waals surface area contributed by atoms with Crippen LogP contribution in [0.4, 0.5) is 0 Å². The summed E-state index contributed by atoms with van der Waals surface area (Å²) >= 11 is 0. The molecule has 2 rings (SSSR count). The summed E-state index contributed by atoms with van der Waals surface area (Å²) < 4.78 is 10.7. The van der Waals surface area contributed by atoms with E-state index in [1.165, 1.54) is 0 Å². The molecule has 0 fully saturated rings. The van der Waals surface area contributed by atoms with Gasteiger partial charge in [0.15, 0.2) is 0 Å². The van der Waals surface area contributed by atoms with Crippen LogP contribution in [-0.2, 0) is 4.74 Å². The molecule has 2 unspecified atom stereocenters. The van der Waals surface area contributed by atoms with Crippen LogP contribution in [0.15, 0.2) is 34.7 Å². The molecule has 3 nitrogen and oxygen atoms in total. The summed E-state index contributed by atoms with van der Waals surface area (Å²) in [5, 5.41) is 11.0. The Morgan fingerprint density at radius 1 is 1.38 bits per heavy atom. The zero-order valence-corrected chi connectivity index (χ0v) is 9.51. The number of hydrogen-bond acceptors (Lipinski definition) is 3. The van der Waals surface area contributed by atoms with Crippen LogP contribution in [-0.4, -0.2) is 18.3 Å². The number of rotatable bonds is 4. The Labute approximate surface area is 94.6 Å². The maximum Gasteiger partial charge on any atom is 0.134 e. The van der Waals surface area contributed by atoms with E-state index in [4.69, 9.17) is 9.15 Å². The van der Waals surface area contributed by atoms with Gasteiger partial charge in [0.1, 0.15) is 17.4 Å². The second-order valence-corrected chi connectivity index (χ2v) is 3.98. The number of furan rings is 1. The molecule has 16 heavy (non-hydrogen) atoms. The quantitative estimate of drug-likeness (QED) is 0.861. The molecule has 2 atom stereocenters. The van der Waals surface area contributed by atoms with Crippen molar-refractivity contribution in [1.82, 2.24) is 0 Å². The zero-order valence-electron chi connectivity index (χ0n) is 9.51. The summed E-state index contributed by atoms with van der Waals surface area (Å²) in [6, 6.07) is 9.61. The predicted octanol–water partition coefficient (Wildman–Crippen LogP) is 2.89. The number of benzene rings is 1. The number of methoxy groups -OCH3 is 1. The Bertz CT molecular complexity index is 428. The maximum atomic E-state index is 9.95.